The monoisotopic (exact) mass is 439 g/mol. The summed E-state index contributed by atoms with van der Waals surface area (Å²) in [6.07, 6.45) is 14.6. The van der Waals surface area contributed by atoms with Crippen LogP contribution in [0.4, 0.5) is 5.69 Å². The predicted molar refractivity (Wildman–Crippen MR) is 122 cm³/mol. The molecular formula is C24H33N5O3. The van der Waals surface area contributed by atoms with Crippen LogP contribution in [0.2, 0.25) is 0 Å². The van der Waals surface area contributed by atoms with Crippen LogP contribution in [0.25, 0.3) is 11.0 Å². The zero-order valence-electron chi connectivity index (χ0n) is 18.9. The summed E-state index contributed by atoms with van der Waals surface area (Å²) in [5.41, 5.74) is 3.85. The Morgan fingerprint density at radius 3 is 2.59 bits per heavy atom. The number of nitrogens with one attached hydrogen (secondary N) is 1. The molecule has 32 heavy (non-hydrogen) atoms. The second-order valence-electron chi connectivity index (χ2n) is 9.82. The summed E-state index contributed by atoms with van der Waals surface area (Å²) in [6, 6.07) is 0.487. The molecule has 1 N–H and O–H groups in total. The smallest absolute Gasteiger partial charge is 0.168 e. The van der Waals surface area contributed by atoms with E-state index >= 15 is 0 Å². The molecule has 2 aliphatic heterocycles. The van der Waals surface area contributed by atoms with E-state index in [0.717, 1.165) is 66.6 Å². The first-order chi connectivity index (χ1) is 15.7. The van der Waals surface area contributed by atoms with Crippen LogP contribution in [-0.4, -0.2) is 51.1 Å². The van der Waals surface area contributed by atoms with Gasteiger partial charge in [-0.15, -0.1) is 0 Å². The molecule has 0 amide bonds. The van der Waals surface area contributed by atoms with Gasteiger partial charge in [0.25, 0.3) is 0 Å². The lowest BCUT2D eigenvalue weighted by Gasteiger charge is -2.39. The molecule has 2 aromatic heterocycles. The standard InChI is InChI=1S/C24H33N5O3/c1-2-29-22-19(16-26-29)21(27-17-6-4-3-5-7-17)18(15-25-22)20-14-23(32-28-20)8-10-24(11-9-23)30-12-13-31-24/h15-17H,2-14H2,1H3,(H,25,27). The van der Waals surface area contributed by atoms with Gasteiger partial charge in [-0.05, 0) is 32.6 Å². The molecule has 2 spiro atoms. The molecule has 0 radical (unpaired) electrons. The summed E-state index contributed by atoms with van der Waals surface area (Å²) < 4.78 is 13.8. The highest BCUT2D eigenvalue weighted by molar-refractivity contribution is 6.10. The van der Waals surface area contributed by atoms with E-state index in [9.17, 15) is 0 Å². The maximum atomic E-state index is 6.14. The molecule has 1 saturated heterocycles. The van der Waals surface area contributed by atoms with Gasteiger partial charge in [0.2, 0.25) is 0 Å². The maximum absolute atomic E-state index is 6.14. The lowest BCUT2D eigenvalue weighted by atomic mass is 9.78. The maximum Gasteiger partial charge on any atom is 0.168 e. The zero-order chi connectivity index (χ0) is 21.6. The third kappa shape index (κ3) is 3.48. The molecular weight excluding hydrogens is 406 g/mol. The number of hydrogen-bond donors (Lipinski definition) is 1. The van der Waals surface area contributed by atoms with Gasteiger partial charge in [0.05, 0.1) is 36.2 Å². The molecule has 4 aliphatic rings. The Balaban J connectivity index is 1.28. The van der Waals surface area contributed by atoms with Crippen LogP contribution in [-0.2, 0) is 20.9 Å². The Labute approximate surface area is 188 Å². The molecule has 3 fully saturated rings. The molecule has 4 heterocycles. The van der Waals surface area contributed by atoms with Crippen molar-refractivity contribution in [3.8, 4) is 0 Å². The number of aromatic nitrogens is 3. The summed E-state index contributed by atoms with van der Waals surface area (Å²) in [5.74, 6) is -0.389. The molecule has 6 rings (SSSR count). The van der Waals surface area contributed by atoms with Gasteiger partial charge < -0.3 is 19.6 Å². The van der Waals surface area contributed by atoms with Gasteiger partial charge in [0.15, 0.2) is 11.4 Å². The second kappa shape index (κ2) is 7.99. The van der Waals surface area contributed by atoms with E-state index < -0.39 is 0 Å². The molecule has 0 aromatic carbocycles. The Hall–Kier alpha value is -2.19. The number of rotatable bonds is 4. The van der Waals surface area contributed by atoms with Crippen molar-refractivity contribution in [2.45, 2.75) is 95.1 Å². The number of fused-ring (bicyclic) bond motifs is 1. The molecule has 2 saturated carbocycles. The number of ether oxygens (including phenoxy) is 2. The highest BCUT2D eigenvalue weighted by atomic mass is 16.7. The van der Waals surface area contributed by atoms with Crippen molar-refractivity contribution in [2.75, 3.05) is 18.5 Å². The van der Waals surface area contributed by atoms with E-state index in [1.807, 2.05) is 17.1 Å². The Bertz CT molecular complexity index is 1010. The highest BCUT2D eigenvalue weighted by Gasteiger charge is 2.50. The summed E-state index contributed by atoms with van der Waals surface area (Å²) in [4.78, 5) is 10.9. The summed E-state index contributed by atoms with van der Waals surface area (Å²) >= 11 is 0. The Morgan fingerprint density at radius 1 is 1.06 bits per heavy atom. The third-order valence-electron chi connectivity index (χ3n) is 7.81. The van der Waals surface area contributed by atoms with E-state index in [2.05, 4.69) is 22.5 Å². The van der Waals surface area contributed by atoms with Gasteiger partial charge in [0, 0.05) is 43.6 Å². The first kappa shape index (κ1) is 20.4. The first-order valence-electron chi connectivity index (χ1n) is 12.3. The van der Waals surface area contributed by atoms with Crippen LogP contribution in [0.3, 0.4) is 0 Å². The average Bonchev–Trinajstić information content (AvgIpc) is 3.56. The number of oxime groups is 1. The van der Waals surface area contributed by atoms with Crippen LogP contribution in [0, 0.1) is 0 Å². The number of nitrogens with zero attached hydrogens (tertiary/aromatic N) is 4. The second-order valence-corrected chi connectivity index (χ2v) is 9.82. The van der Waals surface area contributed by atoms with Crippen molar-refractivity contribution >= 4 is 22.4 Å². The third-order valence-corrected chi connectivity index (χ3v) is 7.81. The van der Waals surface area contributed by atoms with Crippen LogP contribution >= 0.6 is 0 Å². The normalized spacial score (nSPS) is 24.8. The van der Waals surface area contributed by atoms with Gasteiger partial charge in [-0.2, -0.15) is 5.10 Å². The largest absolute Gasteiger partial charge is 0.389 e. The van der Waals surface area contributed by atoms with E-state index in [-0.39, 0.29) is 11.4 Å². The molecule has 172 valence electrons. The van der Waals surface area contributed by atoms with E-state index in [1.165, 1.54) is 32.1 Å². The van der Waals surface area contributed by atoms with Crippen molar-refractivity contribution < 1.29 is 14.3 Å². The highest BCUT2D eigenvalue weighted by Crippen LogP contribution is 2.46. The van der Waals surface area contributed by atoms with Gasteiger partial charge in [-0.3, -0.25) is 0 Å². The fourth-order valence-electron chi connectivity index (χ4n) is 5.89. The predicted octanol–water partition coefficient (Wildman–Crippen LogP) is 4.38. The fraction of sp³-hybridized carbons (Fsp3) is 0.708. The summed E-state index contributed by atoms with van der Waals surface area (Å²) in [7, 11) is 0. The van der Waals surface area contributed by atoms with E-state index in [1.54, 1.807) is 0 Å². The minimum atomic E-state index is -0.389. The summed E-state index contributed by atoms with van der Waals surface area (Å²) in [5, 5.41) is 14.1. The van der Waals surface area contributed by atoms with E-state index in [0.29, 0.717) is 19.3 Å². The molecule has 0 unspecified atom stereocenters. The average molecular weight is 440 g/mol. The van der Waals surface area contributed by atoms with Gasteiger partial charge >= 0.3 is 0 Å². The van der Waals surface area contributed by atoms with Crippen molar-refractivity contribution in [3.63, 3.8) is 0 Å². The van der Waals surface area contributed by atoms with Crippen molar-refractivity contribution in [3.05, 3.63) is 18.0 Å². The molecule has 2 aromatic rings. The number of aryl methyl sites for hydroxylation is 1. The molecule has 2 aliphatic carbocycles. The van der Waals surface area contributed by atoms with Crippen LogP contribution in [0.5, 0.6) is 0 Å². The minimum absolute atomic E-state index is 0.249. The van der Waals surface area contributed by atoms with Crippen molar-refractivity contribution in [1.29, 1.82) is 0 Å². The topological polar surface area (TPSA) is 82.8 Å². The number of hydrogen-bond acceptors (Lipinski definition) is 7. The fourth-order valence-corrected chi connectivity index (χ4v) is 5.89. The molecule has 0 bridgehead atoms. The minimum Gasteiger partial charge on any atom is -0.389 e. The van der Waals surface area contributed by atoms with Crippen LogP contribution < -0.4 is 5.32 Å². The van der Waals surface area contributed by atoms with Crippen molar-refractivity contribution in [2.24, 2.45) is 5.16 Å². The van der Waals surface area contributed by atoms with Gasteiger partial charge in [0.1, 0.15) is 5.60 Å². The lowest BCUT2D eigenvalue weighted by molar-refractivity contribution is -0.206. The Morgan fingerprint density at radius 2 is 1.84 bits per heavy atom. The Kier molecular flexibility index (Phi) is 5.10. The van der Waals surface area contributed by atoms with Crippen LogP contribution in [0.15, 0.2) is 17.5 Å². The van der Waals surface area contributed by atoms with Crippen LogP contribution in [0.1, 0.15) is 76.7 Å². The summed E-state index contributed by atoms with van der Waals surface area (Å²) in [6.45, 7) is 4.30. The SMILES string of the molecule is CCn1ncc2c(NC3CCCCC3)c(C3=NOC4(CCC5(CC4)OCCO5)C3)cnc21. The van der Waals surface area contributed by atoms with Gasteiger partial charge in [-0.25, -0.2) is 9.67 Å². The first-order valence-corrected chi connectivity index (χ1v) is 12.3. The zero-order valence-corrected chi connectivity index (χ0v) is 18.9. The van der Waals surface area contributed by atoms with E-state index in [4.69, 9.17) is 19.3 Å². The number of anilines is 1. The molecule has 8 nitrogen and oxygen atoms in total. The molecule has 8 heteroatoms. The molecule has 0 atom stereocenters. The lowest BCUT2D eigenvalue weighted by Crippen LogP contribution is -2.43. The quantitative estimate of drug-likeness (QED) is 0.761. The number of pyridine rings is 1. The van der Waals surface area contributed by atoms with Crippen molar-refractivity contribution in [1.82, 2.24) is 14.8 Å². The van der Waals surface area contributed by atoms with Gasteiger partial charge in [-0.1, -0.05) is 24.4 Å².